The number of likely N-dealkylation sites (tertiary alicyclic amines) is 1. The minimum absolute atomic E-state index is 0.184. The number of likely N-dealkylation sites (N-methyl/N-ethyl adjacent to an activating group) is 1. The molecule has 2 heterocycles. The number of furan rings is 1. The second kappa shape index (κ2) is 10.5. The number of hydrogen-bond donors (Lipinski definition) is 2. The Morgan fingerprint density at radius 1 is 1.36 bits per heavy atom. The molecular weight excluding hydrogens is 314 g/mol. The minimum Gasteiger partial charge on any atom is -0.468 e. The Bertz CT molecular complexity index is 492. The Labute approximate surface area is 152 Å². The van der Waals surface area contributed by atoms with Crippen LogP contribution in [0.1, 0.15) is 38.0 Å². The molecule has 1 aliphatic heterocycles. The van der Waals surface area contributed by atoms with Gasteiger partial charge in [0.2, 0.25) is 0 Å². The fourth-order valence-corrected chi connectivity index (χ4v) is 3.23. The summed E-state index contributed by atoms with van der Waals surface area (Å²) in [6, 6.07) is 4.13. The summed E-state index contributed by atoms with van der Waals surface area (Å²) in [5.41, 5.74) is 0. The summed E-state index contributed by atoms with van der Waals surface area (Å²) in [7, 11) is 5.94. The first kappa shape index (κ1) is 19.8. The van der Waals surface area contributed by atoms with E-state index in [4.69, 9.17) is 4.42 Å². The molecule has 25 heavy (non-hydrogen) atoms. The lowest BCUT2D eigenvalue weighted by molar-refractivity contribution is 0.191. The third-order valence-electron chi connectivity index (χ3n) is 5.00. The van der Waals surface area contributed by atoms with Crippen molar-refractivity contribution in [1.82, 2.24) is 20.4 Å². The van der Waals surface area contributed by atoms with Crippen LogP contribution in [0.3, 0.4) is 0 Å². The Hall–Kier alpha value is -1.53. The van der Waals surface area contributed by atoms with Crippen LogP contribution in [0.4, 0.5) is 0 Å². The van der Waals surface area contributed by atoms with Gasteiger partial charge in [-0.25, -0.2) is 0 Å². The van der Waals surface area contributed by atoms with Gasteiger partial charge in [-0.1, -0.05) is 6.92 Å². The summed E-state index contributed by atoms with van der Waals surface area (Å²) in [5, 5.41) is 6.83. The molecule has 0 aliphatic carbocycles. The number of guanidine groups is 1. The highest BCUT2D eigenvalue weighted by Crippen LogP contribution is 2.17. The monoisotopic (exact) mass is 349 g/mol. The molecule has 1 aromatic heterocycles. The highest BCUT2D eigenvalue weighted by molar-refractivity contribution is 5.79. The Morgan fingerprint density at radius 3 is 2.72 bits per heavy atom. The quantitative estimate of drug-likeness (QED) is 0.428. The molecule has 142 valence electrons. The van der Waals surface area contributed by atoms with Crippen LogP contribution in [0.2, 0.25) is 0 Å². The summed E-state index contributed by atoms with van der Waals surface area (Å²) in [4.78, 5) is 9.06. The Morgan fingerprint density at radius 2 is 2.12 bits per heavy atom. The van der Waals surface area contributed by atoms with Crippen molar-refractivity contribution in [3.05, 3.63) is 24.2 Å². The van der Waals surface area contributed by atoms with Gasteiger partial charge in [-0.05, 0) is 71.0 Å². The lowest BCUT2D eigenvalue weighted by Crippen LogP contribution is -2.42. The second-order valence-corrected chi connectivity index (χ2v) is 7.25. The topological polar surface area (TPSA) is 56.0 Å². The maximum Gasteiger partial charge on any atom is 0.191 e. The molecule has 1 atom stereocenters. The van der Waals surface area contributed by atoms with Gasteiger partial charge in [0, 0.05) is 20.1 Å². The number of hydrogen-bond acceptors (Lipinski definition) is 4. The lowest BCUT2D eigenvalue weighted by Gasteiger charge is -2.30. The van der Waals surface area contributed by atoms with Gasteiger partial charge in [-0.2, -0.15) is 0 Å². The molecule has 0 aromatic carbocycles. The first-order chi connectivity index (χ1) is 12.1. The molecule has 1 aliphatic rings. The summed E-state index contributed by atoms with van der Waals surface area (Å²) >= 11 is 0. The first-order valence-electron chi connectivity index (χ1n) is 9.47. The maximum absolute atomic E-state index is 5.55. The largest absolute Gasteiger partial charge is 0.468 e. The normalized spacial score (nSPS) is 18.5. The van der Waals surface area contributed by atoms with Crippen LogP contribution in [0.15, 0.2) is 27.8 Å². The number of piperidine rings is 1. The van der Waals surface area contributed by atoms with E-state index < -0.39 is 0 Å². The van der Waals surface area contributed by atoms with Crippen molar-refractivity contribution in [3.8, 4) is 0 Å². The maximum atomic E-state index is 5.55. The minimum atomic E-state index is 0.184. The number of nitrogens with one attached hydrogen (secondary N) is 2. The zero-order valence-electron chi connectivity index (χ0n) is 16.3. The van der Waals surface area contributed by atoms with Gasteiger partial charge < -0.3 is 20.0 Å². The van der Waals surface area contributed by atoms with Gasteiger partial charge in [0.1, 0.15) is 5.76 Å². The molecule has 0 bridgehead atoms. The van der Waals surface area contributed by atoms with Crippen LogP contribution in [0, 0.1) is 5.92 Å². The van der Waals surface area contributed by atoms with Crippen molar-refractivity contribution < 1.29 is 4.42 Å². The van der Waals surface area contributed by atoms with E-state index in [1.807, 2.05) is 19.2 Å². The van der Waals surface area contributed by atoms with Crippen molar-refractivity contribution >= 4 is 5.96 Å². The van der Waals surface area contributed by atoms with Crippen molar-refractivity contribution in [2.24, 2.45) is 10.9 Å². The molecule has 0 amide bonds. The molecule has 2 N–H and O–H groups in total. The van der Waals surface area contributed by atoms with E-state index in [9.17, 15) is 0 Å². The van der Waals surface area contributed by atoms with Crippen LogP contribution in [-0.4, -0.2) is 69.6 Å². The van der Waals surface area contributed by atoms with E-state index in [0.29, 0.717) is 0 Å². The molecule has 0 spiro atoms. The summed E-state index contributed by atoms with van der Waals surface area (Å²) < 4.78 is 5.55. The summed E-state index contributed by atoms with van der Waals surface area (Å²) in [5.74, 6) is 2.72. The van der Waals surface area contributed by atoms with E-state index >= 15 is 0 Å². The molecule has 0 radical (unpaired) electrons. The second-order valence-electron chi connectivity index (χ2n) is 7.25. The number of nitrogens with zero attached hydrogens (tertiary/aromatic N) is 3. The number of aliphatic imine (C=N–C) groups is 1. The van der Waals surface area contributed by atoms with Crippen LogP contribution in [0.25, 0.3) is 0 Å². The van der Waals surface area contributed by atoms with Gasteiger partial charge in [0.05, 0.1) is 12.3 Å². The van der Waals surface area contributed by atoms with Gasteiger partial charge in [-0.3, -0.25) is 9.89 Å². The summed E-state index contributed by atoms with van der Waals surface area (Å²) in [6.45, 7) is 7.73. The molecule has 1 saturated heterocycles. The molecule has 1 unspecified atom stereocenters. The van der Waals surface area contributed by atoms with Gasteiger partial charge in [0.15, 0.2) is 5.96 Å². The van der Waals surface area contributed by atoms with Crippen LogP contribution in [0.5, 0.6) is 0 Å². The van der Waals surface area contributed by atoms with E-state index in [1.54, 1.807) is 6.26 Å². The molecule has 2 rings (SSSR count). The zero-order chi connectivity index (χ0) is 18.1. The third-order valence-corrected chi connectivity index (χ3v) is 5.00. The molecule has 6 heteroatoms. The molecule has 1 aromatic rings. The van der Waals surface area contributed by atoms with Gasteiger partial charge in [0.25, 0.3) is 0 Å². The molecule has 0 saturated carbocycles. The third kappa shape index (κ3) is 6.71. The van der Waals surface area contributed by atoms with E-state index in [0.717, 1.165) is 37.1 Å². The highest BCUT2D eigenvalue weighted by Gasteiger charge is 2.17. The van der Waals surface area contributed by atoms with Crippen LogP contribution >= 0.6 is 0 Å². The van der Waals surface area contributed by atoms with Crippen molar-refractivity contribution in [2.75, 3.05) is 53.9 Å². The van der Waals surface area contributed by atoms with Gasteiger partial charge in [-0.15, -0.1) is 0 Å². The SMILES string of the molecule is CN=C(NCCCN1CCC(C)CC1)NCC(c1ccco1)N(C)C. The van der Waals surface area contributed by atoms with Crippen molar-refractivity contribution in [1.29, 1.82) is 0 Å². The predicted octanol–water partition coefficient (Wildman–Crippen LogP) is 2.17. The summed E-state index contributed by atoms with van der Waals surface area (Å²) in [6.07, 6.45) is 5.55. The van der Waals surface area contributed by atoms with E-state index in [2.05, 4.69) is 46.4 Å². The average molecular weight is 350 g/mol. The van der Waals surface area contributed by atoms with E-state index in [1.165, 1.54) is 32.5 Å². The first-order valence-corrected chi connectivity index (χ1v) is 9.47. The predicted molar refractivity (Wildman–Crippen MR) is 104 cm³/mol. The van der Waals surface area contributed by atoms with Crippen molar-refractivity contribution in [3.63, 3.8) is 0 Å². The van der Waals surface area contributed by atoms with Crippen LogP contribution in [-0.2, 0) is 0 Å². The van der Waals surface area contributed by atoms with Crippen molar-refractivity contribution in [2.45, 2.75) is 32.2 Å². The van der Waals surface area contributed by atoms with Crippen LogP contribution < -0.4 is 10.6 Å². The molecule has 6 nitrogen and oxygen atoms in total. The smallest absolute Gasteiger partial charge is 0.191 e. The molecule has 1 fully saturated rings. The Balaban J connectivity index is 1.66. The zero-order valence-corrected chi connectivity index (χ0v) is 16.3. The standard InChI is InChI=1S/C19H35N5O/c1-16-8-12-24(13-9-16)11-6-10-21-19(20-2)22-15-17(23(3)4)18-7-5-14-25-18/h5,7,14,16-17H,6,8-13,15H2,1-4H3,(H2,20,21,22). The van der Waals surface area contributed by atoms with E-state index in [-0.39, 0.29) is 6.04 Å². The Kier molecular flexibility index (Phi) is 8.28. The average Bonchev–Trinajstić information content (AvgIpc) is 3.12. The lowest BCUT2D eigenvalue weighted by atomic mass is 9.99. The van der Waals surface area contributed by atoms with Gasteiger partial charge >= 0.3 is 0 Å². The fourth-order valence-electron chi connectivity index (χ4n) is 3.23. The fraction of sp³-hybridized carbons (Fsp3) is 0.737. The molecular formula is C19H35N5O. The highest BCUT2D eigenvalue weighted by atomic mass is 16.3. The number of rotatable bonds is 8.